The third kappa shape index (κ3) is 2.84. The first-order chi connectivity index (χ1) is 7.69. The Morgan fingerprint density at radius 1 is 1.44 bits per heavy atom. The molecule has 1 unspecified atom stereocenters. The molecule has 1 atom stereocenters. The lowest BCUT2D eigenvalue weighted by atomic mass is 10.0. The average Bonchev–Trinajstić information content (AvgIpc) is 2.71. The molecule has 1 saturated heterocycles. The molecule has 2 heterocycles. The second-order valence-corrected chi connectivity index (χ2v) is 4.99. The molecule has 1 aromatic heterocycles. The number of hydrogen-bond acceptors (Lipinski definition) is 3. The van der Waals surface area contributed by atoms with Gasteiger partial charge in [-0.1, -0.05) is 30.1 Å². The van der Waals surface area contributed by atoms with Crippen molar-refractivity contribution in [2.45, 2.75) is 19.8 Å². The summed E-state index contributed by atoms with van der Waals surface area (Å²) in [5.41, 5.74) is 0.942. The largest absolute Gasteiger partial charge is 0.303 e. The highest BCUT2D eigenvalue weighted by Crippen LogP contribution is 2.23. The quantitative estimate of drug-likeness (QED) is 0.836. The van der Waals surface area contributed by atoms with Gasteiger partial charge in [-0.25, -0.2) is 0 Å². The van der Waals surface area contributed by atoms with Crippen LogP contribution in [0.5, 0.6) is 0 Å². The van der Waals surface area contributed by atoms with Crippen LogP contribution in [0.2, 0.25) is 10.2 Å². The SMILES string of the molecule is CCN1CCC(Cc2cc(Cl)c(Cl)nn2)C1. The zero-order valence-corrected chi connectivity index (χ0v) is 10.8. The Labute approximate surface area is 106 Å². The van der Waals surface area contributed by atoms with Crippen LogP contribution >= 0.6 is 23.2 Å². The summed E-state index contributed by atoms with van der Waals surface area (Å²) in [6, 6.07) is 1.82. The van der Waals surface area contributed by atoms with Gasteiger partial charge in [0.25, 0.3) is 0 Å². The standard InChI is InChI=1S/C11H15Cl2N3/c1-2-16-4-3-8(7-16)5-9-6-10(12)11(13)15-14-9/h6,8H,2-5,7H2,1H3. The van der Waals surface area contributed by atoms with Crippen molar-refractivity contribution in [1.29, 1.82) is 0 Å². The molecule has 0 spiro atoms. The highest BCUT2D eigenvalue weighted by molar-refractivity contribution is 6.41. The lowest BCUT2D eigenvalue weighted by Crippen LogP contribution is -2.20. The van der Waals surface area contributed by atoms with Gasteiger partial charge in [-0.3, -0.25) is 0 Å². The Balaban J connectivity index is 1.97. The maximum absolute atomic E-state index is 5.91. The van der Waals surface area contributed by atoms with Crippen LogP contribution in [0.1, 0.15) is 19.0 Å². The predicted molar refractivity (Wildman–Crippen MR) is 66.0 cm³/mol. The molecule has 0 aromatic carbocycles. The van der Waals surface area contributed by atoms with Crippen molar-refractivity contribution in [3.05, 3.63) is 21.9 Å². The van der Waals surface area contributed by atoms with Crippen LogP contribution in [-0.4, -0.2) is 34.7 Å². The highest BCUT2D eigenvalue weighted by atomic mass is 35.5. The van der Waals surface area contributed by atoms with E-state index in [1.165, 1.54) is 13.0 Å². The fourth-order valence-corrected chi connectivity index (χ4v) is 2.41. The van der Waals surface area contributed by atoms with Gasteiger partial charge in [0.2, 0.25) is 0 Å². The zero-order chi connectivity index (χ0) is 11.5. The molecule has 88 valence electrons. The van der Waals surface area contributed by atoms with Gasteiger partial charge in [0.1, 0.15) is 0 Å². The van der Waals surface area contributed by atoms with Crippen LogP contribution in [0.4, 0.5) is 0 Å². The summed E-state index contributed by atoms with van der Waals surface area (Å²) in [6.07, 6.45) is 2.18. The van der Waals surface area contributed by atoms with E-state index in [-0.39, 0.29) is 5.15 Å². The smallest absolute Gasteiger partial charge is 0.170 e. The minimum absolute atomic E-state index is 0.284. The van der Waals surface area contributed by atoms with E-state index in [0.29, 0.717) is 10.9 Å². The molecule has 0 bridgehead atoms. The normalized spacial score (nSPS) is 21.6. The van der Waals surface area contributed by atoms with E-state index in [1.807, 2.05) is 6.07 Å². The predicted octanol–water partition coefficient (Wildman–Crippen LogP) is 2.67. The van der Waals surface area contributed by atoms with Crippen LogP contribution < -0.4 is 0 Å². The molecule has 16 heavy (non-hydrogen) atoms. The summed E-state index contributed by atoms with van der Waals surface area (Å²) >= 11 is 11.6. The average molecular weight is 260 g/mol. The van der Waals surface area contributed by atoms with E-state index in [4.69, 9.17) is 23.2 Å². The Kier molecular flexibility index (Phi) is 4.00. The number of hydrogen-bond donors (Lipinski definition) is 0. The minimum Gasteiger partial charge on any atom is -0.303 e. The van der Waals surface area contributed by atoms with Crippen LogP contribution in [0.15, 0.2) is 6.07 Å². The molecule has 1 aromatic rings. The highest BCUT2D eigenvalue weighted by Gasteiger charge is 2.22. The molecule has 3 nitrogen and oxygen atoms in total. The second kappa shape index (κ2) is 5.30. The molecule has 0 saturated carbocycles. The molecule has 0 aliphatic carbocycles. The third-order valence-electron chi connectivity index (χ3n) is 3.07. The number of nitrogens with zero attached hydrogens (tertiary/aromatic N) is 3. The van der Waals surface area contributed by atoms with Crippen molar-refractivity contribution < 1.29 is 0 Å². The molecular weight excluding hydrogens is 245 g/mol. The summed E-state index contributed by atoms with van der Waals surface area (Å²) < 4.78 is 0. The molecule has 1 aliphatic heterocycles. The topological polar surface area (TPSA) is 29.0 Å². The van der Waals surface area contributed by atoms with Gasteiger partial charge in [-0.15, -0.1) is 5.10 Å². The first-order valence-corrected chi connectivity index (χ1v) is 6.34. The Morgan fingerprint density at radius 3 is 2.88 bits per heavy atom. The Hall–Kier alpha value is -0.380. The Morgan fingerprint density at radius 2 is 2.25 bits per heavy atom. The molecule has 0 radical (unpaired) electrons. The maximum Gasteiger partial charge on any atom is 0.170 e. The van der Waals surface area contributed by atoms with Crippen molar-refractivity contribution in [3.63, 3.8) is 0 Å². The monoisotopic (exact) mass is 259 g/mol. The fraction of sp³-hybridized carbons (Fsp3) is 0.636. The zero-order valence-electron chi connectivity index (χ0n) is 9.29. The van der Waals surface area contributed by atoms with E-state index in [2.05, 4.69) is 22.0 Å². The number of aromatic nitrogens is 2. The number of likely N-dealkylation sites (tertiary alicyclic amines) is 1. The number of halogens is 2. The summed E-state index contributed by atoms with van der Waals surface area (Å²) in [5.74, 6) is 0.673. The van der Waals surface area contributed by atoms with E-state index in [0.717, 1.165) is 25.2 Å². The van der Waals surface area contributed by atoms with Crippen molar-refractivity contribution in [3.8, 4) is 0 Å². The fourth-order valence-electron chi connectivity index (χ4n) is 2.15. The van der Waals surface area contributed by atoms with Crippen LogP contribution in [0.25, 0.3) is 0 Å². The minimum atomic E-state index is 0.284. The van der Waals surface area contributed by atoms with E-state index in [9.17, 15) is 0 Å². The maximum atomic E-state index is 5.91. The van der Waals surface area contributed by atoms with Gasteiger partial charge in [0.15, 0.2) is 5.15 Å². The van der Waals surface area contributed by atoms with Crippen LogP contribution in [0, 0.1) is 5.92 Å². The third-order valence-corrected chi connectivity index (χ3v) is 3.74. The van der Waals surface area contributed by atoms with Crippen molar-refractivity contribution >= 4 is 23.2 Å². The molecule has 1 fully saturated rings. The molecule has 0 amide bonds. The van der Waals surface area contributed by atoms with Gasteiger partial charge in [0, 0.05) is 6.54 Å². The van der Waals surface area contributed by atoms with Crippen molar-refractivity contribution in [2.24, 2.45) is 5.92 Å². The first kappa shape index (κ1) is 12.1. The first-order valence-electron chi connectivity index (χ1n) is 5.59. The van der Waals surface area contributed by atoms with Gasteiger partial charge in [-0.05, 0) is 37.9 Å². The summed E-state index contributed by atoms with van der Waals surface area (Å²) in [6.45, 7) is 5.67. The number of rotatable bonds is 3. The molecular formula is C11H15Cl2N3. The van der Waals surface area contributed by atoms with Crippen molar-refractivity contribution in [1.82, 2.24) is 15.1 Å². The summed E-state index contributed by atoms with van der Waals surface area (Å²) in [4.78, 5) is 2.45. The van der Waals surface area contributed by atoms with Crippen LogP contribution in [0.3, 0.4) is 0 Å². The van der Waals surface area contributed by atoms with Gasteiger partial charge in [-0.2, -0.15) is 5.10 Å². The van der Waals surface area contributed by atoms with Gasteiger partial charge >= 0.3 is 0 Å². The van der Waals surface area contributed by atoms with Gasteiger partial charge < -0.3 is 4.90 Å². The molecule has 1 aliphatic rings. The molecule has 2 rings (SSSR count). The van der Waals surface area contributed by atoms with Crippen molar-refractivity contribution in [2.75, 3.05) is 19.6 Å². The van der Waals surface area contributed by atoms with E-state index < -0.39 is 0 Å². The molecule has 0 N–H and O–H groups in total. The van der Waals surface area contributed by atoms with Crippen LogP contribution in [-0.2, 0) is 6.42 Å². The summed E-state index contributed by atoms with van der Waals surface area (Å²) in [7, 11) is 0. The van der Waals surface area contributed by atoms with Gasteiger partial charge in [0.05, 0.1) is 10.7 Å². The Bertz CT molecular complexity index is 370. The molecule has 5 heteroatoms. The van der Waals surface area contributed by atoms with E-state index >= 15 is 0 Å². The summed E-state index contributed by atoms with van der Waals surface area (Å²) in [5, 5.41) is 8.68. The lowest BCUT2D eigenvalue weighted by Gasteiger charge is -2.12. The second-order valence-electron chi connectivity index (χ2n) is 4.23. The lowest BCUT2D eigenvalue weighted by molar-refractivity contribution is 0.341. The van der Waals surface area contributed by atoms with E-state index in [1.54, 1.807) is 0 Å².